The third-order valence-corrected chi connectivity index (χ3v) is 3.70. The molecule has 1 heterocycles. The number of aryl methyl sites for hydroxylation is 1. The standard InChI is InChI=1S/C17H21N3O4/c1-10(2)8-14(17(23)24)18-15(21)9-13-11-6-4-5-7-12(11)16(22)20(3)19-13/h4-7,10,14H,8-9H2,1-3H3,(H,18,21)(H,23,24). The van der Waals surface area contributed by atoms with Crippen LogP contribution < -0.4 is 10.9 Å². The van der Waals surface area contributed by atoms with Gasteiger partial charge in [-0.05, 0) is 18.4 Å². The Labute approximate surface area is 139 Å². The first-order chi connectivity index (χ1) is 11.3. The Bertz CT molecular complexity index is 826. The lowest BCUT2D eigenvalue weighted by Crippen LogP contribution is -2.42. The van der Waals surface area contributed by atoms with Gasteiger partial charge in [0, 0.05) is 12.4 Å². The van der Waals surface area contributed by atoms with Crippen molar-refractivity contribution >= 4 is 22.6 Å². The van der Waals surface area contributed by atoms with Crippen molar-refractivity contribution in [2.45, 2.75) is 32.7 Å². The monoisotopic (exact) mass is 331 g/mol. The molecule has 128 valence electrons. The van der Waals surface area contributed by atoms with Gasteiger partial charge in [0.05, 0.1) is 17.5 Å². The summed E-state index contributed by atoms with van der Waals surface area (Å²) in [5.41, 5.74) is 0.205. The summed E-state index contributed by atoms with van der Waals surface area (Å²) in [5.74, 6) is -1.35. The molecule has 7 nitrogen and oxygen atoms in total. The molecule has 2 N–H and O–H groups in total. The first kappa shape index (κ1) is 17.7. The highest BCUT2D eigenvalue weighted by molar-refractivity contribution is 5.90. The van der Waals surface area contributed by atoms with Crippen molar-refractivity contribution in [3.8, 4) is 0 Å². The minimum atomic E-state index is -1.06. The van der Waals surface area contributed by atoms with E-state index in [0.29, 0.717) is 22.9 Å². The van der Waals surface area contributed by atoms with Crippen molar-refractivity contribution in [3.05, 3.63) is 40.3 Å². The molecule has 7 heteroatoms. The topological polar surface area (TPSA) is 101 Å². The van der Waals surface area contributed by atoms with Crippen molar-refractivity contribution in [1.82, 2.24) is 15.1 Å². The molecule has 1 amide bonds. The predicted molar refractivity (Wildman–Crippen MR) is 89.7 cm³/mol. The molecule has 0 aliphatic rings. The van der Waals surface area contributed by atoms with Gasteiger partial charge in [-0.25, -0.2) is 9.48 Å². The maximum Gasteiger partial charge on any atom is 0.326 e. The van der Waals surface area contributed by atoms with Crippen LogP contribution in [0.2, 0.25) is 0 Å². The molecule has 24 heavy (non-hydrogen) atoms. The minimum absolute atomic E-state index is 0.0868. The van der Waals surface area contributed by atoms with Gasteiger partial charge in [0.25, 0.3) is 5.56 Å². The fourth-order valence-corrected chi connectivity index (χ4v) is 2.60. The number of fused-ring (bicyclic) bond motifs is 1. The molecule has 2 rings (SSSR count). The number of hydrogen-bond acceptors (Lipinski definition) is 4. The molecule has 0 bridgehead atoms. The molecule has 1 aromatic heterocycles. The van der Waals surface area contributed by atoms with Crippen LogP contribution in [0.15, 0.2) is 29.1 Å². The first-order valence-electron chi connectivity index (χ1n) is 7.76. The van der Waals surface area contributed by atoms with E-state index >= 15 is 0 Å². The summed E-state index contributed by atoms with van der Waals surface area (Å²) >= 11 is 0. The summed E-state index contributed by atoms with van der Waals surface area (Å²) in [6.45, 7) is 3.79. The fourth-order valence-electron chi connectivity index (χ4n) is 2.60. The van der Waals surface area contributed by atoms with Crippen LogP contribution in [0.4, 0.5) is 0 Å². The predicted octanol–water partition coefficient (Wildman–Crippen LogP) is 1.09. The number of nitrogens with one attached hydrogen (secondary N) is 1. The lowest BCUT2D eigenvalue weighted by Gasteiger charge is -2.16. The van der Waals surface area contributed by atoms with E-state index < -0.39 is 17.9 Å². The highest BCUT2D eigenvalue weighted by atomic mass is 16.4. The van der Waals surface area contributed by atoms with E-state index in [4.69, 9.17) is 0 Å². The Kier molecular flexibility index (Phi) is 5.33. The highest BCUT2D eigenvalue weighted by Gasteiger charge is 2.22. The quantitative estimate of drug-likeness (QED) is 0.825. The number of amides is 1. The Balaban J connectivity index is 2.26. The molecule has 1 atom stereocenters. The smallest absolute Gasteiger partial charge is 0.326 e. The Morgan fingerprint density at radius 3 is 2.46 bits per heavy atom. The number of rotatable bonds is 6. The zero-order valence-corrected chi connectivity index (χ0v) is 13.9. The lowest BCUT2D eigenvalue weighted by molar-refractivity contribution is -0.142. The summed E-state index contributed by atoms with van der Waals surface area (Å²) in [6, 6.07) is 5.99. The molecule has 0 saturated carbocycles. The molecule has 2 aromatic rings. The zero-order valence-electron chi connectivity index (χ0n) is 13.9. The molecule has 0 saturated heterocycles. The van der Waals surface area contributed by atoms with Crippen LogP contribution in [-0.4, -0.2) is 32.8 Å². The number of nitrogens with zero attached hydrogens (tertiary/aromatic N) is 2. The third kappa shape index (κ3) is 3.98. The maximum absolute atomic E-state index is 12.2. The normalized spacial score (nSPS) is 12.3. The van der Waals surface area contributed by atoms with E-state index in [0.717, 1.165) is 0 Å². The van der Waals surface area contributed by atoms with Gasteiger partial charge in [0.15, 0.2) is 0 Å². The van der Waals surface area contributed by atoms with Gasteiger partial charge >= 0.3 is 5.97 Å². The molecule has 1 unspecified atom stereocenters. The van der Waals surface area contributed by atoms with Gasteiger partial charge in [0.2, 0.25) is 5.91 Å². The van der Waals surface area contributed by atoms with E-state index in [-0.39, 0.29) is 17.9 Å². The van der Waals surface area contributed by atoms with Gasteiger partial charge in [-0.2, -0.15) is 5.10 Å². The number of aromatic nitrogens is 2. The average Bonchev–Trinajstić information content (AvgIpc) is 2.51. The number of aliphatic carboxylic acids is 1. The lowest BCUT2D eigenvalue weighted by atomic mass is 10.0. The number of carboxylic acid groups (broad SMARTS) is 1. The van der Waals surface area contributed by atoms with Crippen LogP contribution in [-0.2, 0) is 23.1 Å². The summed E-state index contributed by atoms with van der Waals surface area (Å²) < 4.78 is 1.19. The first-order valence-corrected chi connectivity index (χ1v) is 7.76. The van der Waals surface area contributed by atoms with Crippen LogP contribution >= 0.6 is 0 Å². The molecule has 0 aliphatic carbocycles. The van der Waals surface area contributed by atoms with Crippen molar-refractivity contribution in [1.29, 1.82) is 0 Å². The summed E-state index contributed by atoms with van der Waals surface area (Å²) in [5, 5.41) is 17.0. The molecular weight excluding hydrogens is 310 g/mol. The molecule has 0 fully saturated rings. The molecular formula is C17H21N3O4. The number of carbonyl (C=O) groups is 2. The molecule has 0 spiro atoms. The van der Waals surface area contributed by atoms with Gasteiger partial charge in [-0.15, -0.1) is 0 Å². The van der Waals surface area contributed by atoms with E-state index in [2.05, 4.69) is 10.4 Å². The van der Waals surface area contributed by atoms with Crippen LogP contribution in [0.3, 0.4) is 0 Å². The van der Waals surface area contributed by atoms with Gasteiger partial charge in [-0.3, -0.25) is 9.59 Å². The Morgan fingerprint density at radius 1 is 1.25 bits per heavy atom. The van der Waals surface area contributed by atoms with Crippen LogP contribution in [0, 0.1) is 5.92 Å². The summed E-state index contributed by atoms with van der Waals surface area (Å²) in [7, 11) is 1.52. The average molecular weight is 331 g/mol. The van der Waals surface area contributed by atoms with Crippen molar-refractivity contribution in [3.63, 3.8) is 0 Å². The third-order valence-electron chi connectivity index (χ3n) is 3.70. The zero-order chi connectivity index (χ0) is 17.9. The minimum Gasteiger partial charge on any atom is -0.480 e. The fraction of sp³-hybridized carbons (Fsp3) is 0.412. The van der Waals surface area contributed by atoms with Gasteiger partial charge in [-0.1, -0.05) is 32.0 Å². The SMILES string of the molecule is CC(C)CC(NC(=O)Cc1nn(C)c(=O)c2ccccc12)C(=O)O. The second-order valence-corrected chi connectivity index (χ2v) is 6.19. The van der Waals surface area contributed by atoms with Crippen molar-refractivity contribution in [2.75, 3.05) is 0 Å². The Hall–Kier alpha value is -2.70. The summed E-state index contributed by atoms with van der Waals surface area (Å²) in [4.78, 5) is 35.6. The number of benzene rings is 1. The number of carboxylic acids is 1. The molecule has 1 aromatic carbocycles. The van der Waals surface area contributed by atoms with E-state index in [9.17, 15) is 19.5 Å². The molecule has 0 radical (unpaired) electrons. The van der Waals surface area contributed by atoms with Crippen LogP contribution in [0.5, 0.6) is 0 Å². The largest absolute Gasteiger partial charge is 0.480 e. The van der Waals surface area contributed by atoms with E-state index in [1.54, 1.807) is 24.3 Å². The highest BCUT2D eigenvalue weighted by Crippen LogP contribution is 2.14. The number of hydrogen-bond donors (Lipinski definition) is 2. The van der Waals surface area contributed by atoms with E-state index in [1.165, 1.54) is 11.7 Å². The number of carbonyl (C=O) groups excluding carboxylic acids is 1. The van der Waals surface area contributed by atoms with Crippen molar-refractivity contribution < 1.29 is 14.7 Å². The van der Waals surface area contributed by atoms with Crippen molar-refractivity contribution in [2.24, 2.45) is 13.0 Å². The van der Waals surface area contributed by atoms with Gasteiger partial charge < -0.3 is 10.4 Å². The maximum atomic E-state index is 12.2. The Morgan fingerprint density at radius 2 is 1.88 bits per heavy atom. The van der Waals surface area contributed by atoms with Crippen LogP contribution in [0.25, 0.3) is 10.8 Å². The van der Waals surface area contributed by atoms with Crippen LogP contribution in [0.1, 0.15) is 26.0 Å². The molecule has 0 aliphatic heterocycles. The van der Waals surface area contributed by atoms with Gasteiger partial charge in [0.1, 0.15) is 6.04 Å². The second kappa shape index (κ2) is 7.25. The second-order valence-electron chi connectivity index (χ2n) is 6.19. The van der Waals surface area contributed by atoms with E-state index in [1.807, 2.05) is 13.8 Å². The summed E-state index contributed by atoms with van der Waals surface area (Å²) in [6.07, 6.45) is 0.263.